The number of carbonyl (C=O) groups is 1. The number of rotatable bonds is 3. The fourth-order valence-electron chi connectivity index (χ4n) is 1.96. The Kier molecular flexibility index (Phi) is 3.99. The van der Waals surface area contributed by atoms with E-state index in [2.05, 4.69) is 10.4 Å². The Labute approximate surface area is 122 Å². The molecule has 0 unspecified atom stereocenters. The van der Waals surface area contributed by atoms with Gasteiger partial charge < -0.3 is 11.1 Å². The number of nitrogens with one attached hydrogen (secondary N) is 1. The fourth-order valence-corrected chi connectivity index (χ4v) is 2.18. The molecule has 0 aliphatic carbocycles. The molecule has 106 valence electrons. The van der Waals surface area contributed by atoms with Crippen LogP contribution in [0.2, 0.25) is 5.02 Å². The predicted octanol–water partition coefficient (Wildman–Crippen LogP) is 2.68. The van der Waals surface area contributed by atoms with Crippen molar-refractivity contribution in [3.63, 3.8) is 0 Å². The van der Waals surface area contributed by atoms with Crippen LogP contribution in [-0.2, 0) is 11.3 Å². The van der Waals surface area contributed by atoms with Gasteiger partial charge in [0.25, 0.3) is 0 Å². The molecule has 3 N–H and O–H groups in total. The molecular formula is C14H17ClN4O. The summed E-state index contributed by atoms with van der Waals surface area (Å²) in [4.78, 5) is 12.0. The molecule has 0 saturated heterocycles. The zero-order valence-corrected chi connectivity index (χ0v) is 12.5. The van der Waals surface area contributed by atoms with Crippen LogP contribution in [0.15, 0.2) is 18.2 Å². The molecular weight excluding hydrogens is 276 g/mol. The van der Waals surface area contributed by atoms with E-state index >= 15 is 0 Å². The van der Waals surface area contributed by atoms with Crippen LogP contribution in [0.1, 0.15) is 17.0 Å². The van der Waals surface area contributed by atoms with Gasteiger partial charge in [-0.15, -0.1) is 0 Å². The van der Waals surface area contributed by atoms with Gasteiger partial charge in [0.05, 0.1) is 17.1 Å². The molecule has 0 fully saturated rings. The van der Waals surface area contributed by atoms with Crippen LogP contribution >= 0.6 is 11.6 Å². The van der Waals surface area contributed by atoms with Crippen molar-refractivity contribution >= 4 is 28.9 Å². The number of anilines is 2. The highest BCUT2D eigenvalue weighted by molar-refractivity contribution is 6.30. The largest absolute Gasteiger partial charge is 0.396 e. The van der Waals surface area contributed by atoms with Gasteiger partial charge in [0.2, 0.25) is 5.91 Å². The Bertz CT molecular complexity index is 663. The Balaban J connectivity index is 2.11. The van der Waals surface area contributed by atoms with E-state index in [0.29, 0.717) is 10.7 Å². The number of nitrogen functional groups attached to an aromatic ring is 1. The number of aryl methyl sites for hydroxylation is 2. The Morgan fingerprint density at radius 2 is 2.10 bits per heavy atom. The maximum Gasteiger partial charge on any atom is 0.246 e. The third kappa shape index (κ3) is 2.93. The summed E-state index contributed by atoms with van der Waals surface area (Å²) in [7, 11) is 0. The minimum atomic E-state index is -0.152. The smallest absolute Gasteiger partial charge is 0.246 e. The molecule has 0 saturated carbocycles. The number of hydrogen-bond donors (Lipinski definition) is 2. The van der Waals surface area contributed by atoms with Crippen molar-refractivity contribution in [1.29, 1.82) is 0 Å². The van der Waals surface area contributed by atoms with Crippen LogP contribution in [0, 0.1) is 20.8 Å². The SMILES string of the molecule is Cc1cc(Cl)ccc1NC(=O)Cn1nc(C)c(N)c1C. The summed E-state index contributed by atoms with van der Waals surface area (Å²) in [6.07, 6.45) is 0. The molecule has 1 aromatic carbocycles. The molecule has 0 aliphatic rings. The first-order valence-corrected chi connectivity index (χ1v) is 6.61. The molecule has 1 heterocycles. The van der Waals surface area contributed by atoms with E-state index in [0.717, 1.165) is 22.6 Å². The number of amides is 1. The van der Waals surface area contributed by atoms with Crippen molar-refractivity contribution in [2.75, 3.05) is 11.1 Å². The second-order valence-electron chi connectivity index (χ2n) is 4.75. The molecule has 2 rings (SSSR count). The first kappa shape index (κ1) is 14.4. The molecule has 5 nitrogen and oxygen atoms in total. The summed E-state index contributed by atoms with van der Waals surface area (Å²) in [5, 5.41) is 7.73. The normalized spacial score (nSPS) is 10.6. The average Bonchev–Trinajstić information content (AvgIpc) is 2.61. The van der Waals surface area contributed by atoms with Gasteiger partial charge in [0, 0.05) is 10.7 Å². The van der Waals surface area contributed by atoms with Gasteiger partial charge in [-0.3, -0.25) is 9.48 Å². The van der Waals surface area contributed by atoms with Crippen molar-refractivity contribution in [3.05, 3.63) is 40.2 Å². The summed E-state index contributed by atoms with van der Waals surface area (Å²) in [6.45, 7) is 5.69. The van der Waals surface area contributed by atoms with Crippen LogP contribution in [-0.4, -0.2) is 15.7 Å². The molecule has 0 atom stereocenters. The number of carbonyl (C=O) groups excluding carboxylic acids is 1. The van der Waals surface area contributed by atoms with Crippen molar-refractivity contribution in [2.45, 2.75) is 27.3 Å². The van der Waals surface area contributed by atoms with Gasteiger partial charge in [0.1, 0.15) is 6.54 Å². The third-order valence-electron chi connectivity index (χ3n) is 3.19. The fraction of sp³-hybridized carbons (Fsp3) is 0.286. The van der Waals surface area contributed by atoms with Gasteiger partial charge in [0.15, 0.2) is 0 Å². The monoisotopic (exact) mass is 292 g/mol. The highest BCUT2D eigenvalue weighted by Crippen LogP contribution is 2.20. The van der Waals surface area contributed by atoms with Crippen LogP contribution in [0.3, 0.4) is 0 Å². The summed E-state index contributed by atoms with van der Waals surface area (Å²) < 4.78 is 1.60. The Hall–Kier alpha value is -2.01. The Morgan fingerprint density at radius 1 is 1.40 bits per heavy atom. The predicted molar refractivity (Wildman–Crippen MR) is 80.9 cm³/mol. The number of nitrogens with zero attached hydrogens (tertiary/aromatic N) is 2. The van der Waals surface area contributed by atoms with Crippen molar-refractivity contribution in [2.24, 2.45) is 0 Å². The van der Waals surface area contributed by atoms with Crippen LogP contribution in [0.25, 0.3) is 0 Å². The molecule has 0 spiro atoms. The van der Waals surface area contributed by atoms with E-state index in [9.17, 15) is 4.79 Å². The van der Waals surface area contributed by atoms with E-state index < -0.39 is 0 Å². The standard InChI is InChI=1S/C14H17ClN4O/c1-8-6-11(15)4-5-12(8)17-13(20)7-19-10(3)14(16)9(2)18-19/h4-6H,7,16H2,1-3H3,(H,17,20). The quantitative estimate of drug-likeness (QED) is 0.913. The highest BCUT2D eigenvalue weighted by Gasteiger charge is 2.12. The number of aromatic nitrogens is 2. The summed E-state index contributed by atoms with van der Waals surface area (Å²) in [6, 6.07) is 5.33. The van der Waals surface area contributed by atoms with E-state index in [-0.39, 0.29) is 12.5 Å². The molecule has 0 radical (unpaired) electrons. The second kappa shape index (κ2) is 5.54. The molecule has 0 aliphatic heterocycles. The van der Waals surface area contributed by atoms with Crippen molar-refractivity contribution in [1.82, 2.24) is 9.78 Å². The lowest BCUT2D eigenvalue weighted by molar-refractivity contribution is -0.116. The molecule has 20 heavy (non-hydrogen) atoms. The van der Waals surface area contributed by atoms with E-state index in [1.165, 1.54) is 0 Å². The average molecular weight is 293 g/mol. The van der Waals surface area contributed by atoms with Gasteiger partial charge in [-0.1, -0.05) is 11.6 Å². The van der Waals surface area contributed by atoms with E-state index in [1.807, 2.05) is 20.8 Å². The first-order valence-electron chi connectivity index (χ1n) is 6.24. The van der Waals surface area contributed by atoms with Crippen LogP contribution < -0.4 is 11.1 Å². The summed E-state index contributed by atoms with van der Waals surface area (Å²) in [5.74, 6) is -0.152. The van der Waals surface area contributed by atoms with Gasteiger partial charge in [-0.25, -0.2) is 0 Å². The zero-order chi connectivity index (χ0) is 14.9. The lowest BCUT2D eigenvalue weighted by Crippen LogP contribution is -2.20. The zero-order valence-electron chi connectivity index (χ0n) is 11.7. The molecule has 2 aromatic rings. The molecule has 0 bridgehead atoms. The third-order valence-corrected chi connectivity index (χ3v) is 3.43. The van der Waals surface area contributed by atoms with E-state index in [1.54, 1.807) is 22.9 Å². The topological polar surface area (TPSA) is 72.9 Å². The van der Waals surface area contributed by atoms with Gasteiger partial charge >= 0.3 is 0 Å². The molecule has 6 heteroatoms. The lowest BCUT2D eigenvalue weighted by Gasteiger charge is -2.09. The second-order valence-corrected chi connectivity index (χ2v) is 5.19. The number of benzene rings is 1. The van der Waals surface area contributed by atoms with Crippen molar-refractivity contribution in [3.8, 4) is 0 Å². The van der Waals surface area contributed by atoms with Crippen LogP contribution in [0.5, 0.6) is 0 Å². The van der Waals surface area contributed by atoms with Gasteiger partial charge in [-0.2, -0.15) is 5.10 Å². The Morgan fingerprint density at radius 3 is 2.65 bits per heavy atom. The minimum Gasteiger partial charge on any atom is -0.396 e. The summed E-state index contributed by atoms with van der Waals surface area (Å²) in [5.41, 5.74) is 9.66. The molecule has 1 aromatic heterocycles. The minimum absolute atomic E-state index is 0.131. The lowest BCUT2D eigenvalue weighted by atomic mass is 10.2. The first-order chi connectivity index (χ1) is 9.38. The number of nitrogens with two attached hydrogens (primary N) is 1. The number of hydrogen-bond acceptors (Lipinski definition) is 3. The number of halogens is 1. The maximum atomic E-state index is 12.0. The van der Waals surface area contributed by atoms with E-state index in [4.69, 9.17) is 17.3 Å². The van der Waals surface area contributed by atoms with Crippen molar-refractivity contribution < 1.29 is 4.79 Å². The molecule has 1 amide bonds. The maximum absolute atomic E-state index is 12.0. The summed E-state index contributed by atoms with van der Waals surface area (Å²) >= 11 is 5.88. The van der Waals surface area contributed by atoms with Crippen LogP contribution in [0.4, 0.5) is 11.4 Å². The highest BCUT2D eigenvalue weighted by atomic mass is 35.5. The van der Waals surface area contributed by atoms with Gasteiger partial charge in [-0.05, 0) is 44.5 Å².